The van der Waals surface area contributed by atoms with Crippen LogP contribution in [0.3, 0.4) is 0 Å². The van der Waals surface area contributed by atoms with Gasteiger partial charge in [0.2, 0.25) is 5.91 Å². The molecule has 0 saturated carbocycles. The van der Waals surface area contributed by atoms with Gasteiger partial charge < -0.3 is 14.8 Å². The number of hydrogen-bond donors (Lipinski definition) is 1. The van der Waals surface area contributed by atoms with Crippen molar-refractivity contribution in [3.8, 4) is 22.1 Å². The molecule has 3 heterocycles. The summed E-state index contributed by atoms with van der Waals surface area (Å²) in [4.78, 5) is 30.0. The van der Waals surface area contributed by atoms with Gasteiger partial charge in [0.1, 0.15) is 28.4 Å². The normalized spacial score (nSPS) is 18.1. The van der Waals surface area contributed by atoms with Crippen molar-refractivity contribution >= 4 is 28.8 Å². The third-order valence-electron chi connectivity index (χ3n) is 5.50. The summed E-state index contributed by atoms with van der Waals surface area (Å²) in [7, 11) is 3.09. The maximum Gasteiger partial charge on any atom is 0.277 e. The number of nitrogens with zero attached hydrogens (tertiary/aromatic N) is 3. The molecule has 2 amide bonds. The molecule has 1 aliphatic rings. The zero-order valence-electron chi connectivity index (χ0n) is 19.6. The number of aromatic nitrogens is 2. The number of carbonyl (C=O) groups is 2. The molecule has 0 saturated heterocycles. The van der Waals surface area contributed by atoms with E-state index in [1.165, 1.54) is 4.90 Å². The molecule has 0 bridgehead atoms. The molecule has 4 rings (SSSR count). The highest BCUT2D eigenvalue weighted by molar-refractivity contribution is 7.13. The molecule has 9 heteroatoms. The Morgan fingerprint density at radius 1 is 1.15 bits per heavy atom. The van der Waals surface area contributed by atoms with E-state index in [0.29, 0.717) is 28.6 Å². The van der Waals surface area contributed by atoms with Crippen LogP contribution in [-0.4, -0.2) is 46.9 Å². The topological polar surface area (TPSA) is 85.7 Å². The fourth-order valence-corrected chi connectivity index (χ4v) is 4.61. The maximum atomic E-state index is 13.9. The van der Waals surface area contributed by atoms with Crippen molar-refractivity contribution < 1.29 is 19.1 Å². The summed E-state index contributed by atoms with van der Waals surface area (Å²) in [6.45, 7) is 7.68. The van der Waals surface area contributed by atoms with Crippen molar-refractivity contribution in [2.45, 2.75) is 45.3 Å². The van der Waals surface area contributed by atoms with E-state index >= 15 is 0 Å². The molecule has 8 nitrogen and oxygen atoms in total. The number of benzene rings is 1. The zero-order valence-corrected chi connectivity index (χ0v) is 20.4. The van der Waals surface area contributed by atoms with Crippen LogP contribution in [0.2, 0.25) is 0 Å². The van der Waals surface area contributed by atoms with E-state index in [1.807, 2.05) is 38.3 Å². The van der Waals surface area contributed by atoms with Crippen LogP contribution in [0.25, 0.3) is 10.6 Å². The third kappa shape index (κ3) is 4.20. The van der Waals surface area contributed by atoms with Crippen molar-refractivity contribution in [2.75, 3.05) is 19.1 Å². The molecule has 33 heavy (non-hydrogen) atoms. The average molecular weight is 469 g/mol. The average Bonchev–Trinajstić information content (AvgIpc) is 3.42. The van der Waals surface area contributed by atoms with E-state index in [9.17, 15) is 9.59 Å². The van der Waals surface area contributed by atoms with Gasteiger partial charge in [0.05, 0.1) is 31.3 Å². The molecule has 0 unspecified atom stereocenters. The number of fused-ring (bicyclic) bond motifs is 1. The van der Waals surface area contributed by atoms with Crippen LogP contribution < -0.4 is 19.7 Å². The first kappa shape index (κ1) is 22.8. The van der Waals surface area contributed by atoms with Crippen LogP contribution in [0, 0.1) is 0 Å². The highest BCUT2D eigenvalue weighted by atomic mass is 32.1. The number of anilines is 1. The minimum atomic E-state index is -1.24. The Bertz CT molecular complexity index is 1170. The molecule has 3 aromatic rings. The molecular weight excluding hydrogens is 440 g/mol. The summed E-state index contributed by atoms with van der Waals surface area (Å²) in [5, 5.41) is 9.66. The predicted octanol–water partition coefficient (Wildman–Crippen LogP) is 3.96. The first-order valence-electron chi connectivity index (χ1n) is 10.6. The van der Waals surface area contributed by atoms with Gasteiger partial charge in [0.25, 0.3) is 5.91 Å². The number of thiophene rings is 1. The van der Waals surface area contributed by atoms with Crippen molar-refractivity contribution in [1.29, 1.82) is 0 Å². The molecule has 0 aliphatic carbocycles. The van der Waals surface area contributed by atoms with Gasteiger partial charge in [-0.1, -0.05) is 6.07 Å². The standard InChI is InChI=1S/C24H28N4O4S/c1-23(2,3)25-22(30)24(4)14-27-19(13-18(26-27)20-8-7-9-33-20)21(29)28(24)15-10-16(31-5)12-17(11-15)32-6/h7-13H,14H2,1-6H3,(H,25,30)/t24-/m1/s1. The van der Waals surface area contributed by atoms with Gasteiger partial charge in [-0.05, 0) is 45.2 Å². The van der Waals surface area contributed by atoms with Crippen molar-refractivity contribution in [2.24, 2.45) is 0 Å². The second-order valence-corrected chi connectivity index (χ2v) is 10.2. The lowest BCUT2D eigenvalue weighted by atomic mass is 9.92. The number of ether oxygens (including phenoxy) is 2. The smallest absolute Gasteiger partial charge is 0.277 e. The fourth-order valence-electron chi connectivity index (χ4n) is 3.93. The molecular formula is C24H28N4O4S. The maximum absolute atomic E-state index is 13.9. The Hall–Kier alpha value is -3.33. The number of nitrogens with one attached hydrogen (secondary N) is 1. The van der Waals surface area contributed by atoms with Gasteiger partial charge in [-0.3, -0.25) is 19.2 Å². The number of methoxy groups -OCH3 is 2. The highest BCUT2D eigenvalue weighted by Crippen LogP contribution is 2.38. The van der Waals surface area contributed by atoms with E-state index in [2.05, 4.69) is 10.4 Å². The van der Waals surface area contributed by atoms with Gasteiger partial charge >= 0.3 is 0 Å². The third-order valence-corrected chi connectivity index (χ3v) is 6.39. The van der Waals surface area contributed by atoms with Crippen LogP contribution in [0.1, 0.15) is 38.2 Å². The van der Waals surface area contributed by atoms with E-state index in [1.54, 1.807) is 61.4 Å². The summed E-state index contributed by atoms with van der Waals surface area (Å²) in [6.07, 6.45) is 0. The molecule has 1 N–H and O–H groups in total. The first-order chi connectivity index (χ1) is 15.6. The van der Waals surface area contributed by atoms with Gasteiger partial charge in [-0.15, -0.1) is 11.3 Å². The number of carbonyl (C=O) groups excluding carboxylic acids is 2. The molecule has 2 aromatic heterocycles. The Kier molecular flexibility index (Phi) is 5.69. The number of rotatable bonds is 5. The largest absolute Gasteiger partial charge is 0.497 e. The van der Waals surface area contributed by atoms with Crippen molar-refractivity contribution in [3.05, 3.63) is 47.5 Å². The van der Waals surface area contributed by atoms with Gasteiger partial charge in [0, 0.05) is 23.7 Å². The lowest BCUT2D eigenvalue weighted by molar-refractivity contribution is -0.128. The first-order valence-corrected chi connectivity index (χ1v) is 11.5. The Morgan fingerprint density at radius 3 is 2.36 bits per heavy atom. The molecule has 1 aliphatic heterocycles. The Balaban J connectivity index is 1.88. The minimum absolute atomic E-state index is 0.195. The van der Waals surface area contributed by atoms with Gasteiger partial charge in [-0.25, -0.2) is 0 Å². The Labute approximate surface area is 197 Å². The summed E-state index contributed by atoms with van der Waals surface area (Å²) >= 11 is 1.55. The lowest BCUT2D eigenvalue weighted by Crippen LogP contribution is -2.66. The molecule has 0 spiro atoms. The summed E-state index contributed by atoms with van der Waals surface area (Å²) in [6, 6.07) is 10.9. The monoisotopic (exact) mass is 468 g/mol. The molecule has 174 valence electrons. The molecule has 0 fully saturated rings. The molecule has 1 atom stereocenters. The fraction of sp³-hybridized carbons (Fsp3) is 0.375. The summed E-state index contributed by atoms with van der Waals surface area (Å²) < 4.78 is 12.5. The van der Waals surface area contributed by atoms with Crippen LogP contribution in [0.15, 0.2) is 41.8 Å². The van der Waals surface area contributed by atoms with Crippen molar-refractivity contribution in [3.63, 3.8) is 0 Å². The lowest BCUT2D eigenvalue weighted by Gasteiger charge is -2.44. The SMILES string of the molecule is COc1cc(OC)cc(N2C(=O)c3cc(-c4cccs4)nn3C[C@]2(C)C(=O)NC(C)(C)C)c1. The predicted molar refractivity (Wildman–Crippen MR) is 128 cm³/mol. The van der Waals surface area contributed by atoms with Gasteiger partial charge in [-0.2, -0.15) is 5.10 Å². The second-order valence-electron chi connectivity index (χ2n) is 9.24. The molecule has 1 aromatic carbocycles. The second kappa shape index (κ2) is 8.22. The zero-order chi connectivity index (χ0) is 24.0. The van der Waals surface area contributed by atoms with Crippen LogP contribution >= 0.6 is 11.3 Å². The van der Waals surface area contributed by atoms with Crippen molar-refractivity contribution in [1.82, 2.24) is 15.1 Å². The molecule has 0 radical (unpaired) electrons. The van der Waals surface area contributed by atoms with E-state index < -0.39 is 11.1 Å². The van der Waals surface area contributed by atoms with Crippen LogP contribution in [0.4, 0.5) is 5.69 Å². The van der Waals surface area contributed by atoms with Gasteiger partial charge in [0.15, 0.2) is 0 Å². The van der Waals surface area contributed by atoms with E-state index in [0.717, 1.165) is 4.88 Å². The quantitative estimate of drug-likeness (QED) is 0.613. The van der Waals surface area contributed by atoms with E-state index in [4.69, 9.17) is 9.47 Å². The number of amides is 2. The van der Waals surface area contributed by atoms with Crippen LogP contribution in [-0.2, 0) is 11.3 Å². The van der Waals surface area contributed by atoms with E-state index in [-0.39, 0.29) is 18.4 Å². The minimum Gasteiger partial charge on any atom is -0.497 e. The highest BCUT2D eigenvalue weighted by Gasteiger charge is 2.49. The Morgan fingerprint density at radius 2 is 1.82 bits per heavy atom. The van der Waals surface area contributed by atoms with Crippen LogP contribution in [0.5, 0.6) is 11.5 Å². The number of hydrogen-bond acceptors (Lipinski definition) is 6. The summed E-state index contributed by atoms with van der Waals surface area (Å²) in [5.41, 5.74) is -0.0907. The summed E-state index contributed by atoms with van der Waals surface area (Å²) in [5.74, 6) is 0.450.